The smallest absolute Gasteiger partial charge is 0.138 e. The Morgan fingerprint density at radius 1 is 1.25 bits per heavy atom. The van der Waals surface area contributed by atoms with E-state index in [0.29, 0.717) is 18.6 Å². The van der Waals surface area contributed by atoms with Gasteiger partial charge in [0, 0.05) is 18.4 Å². The first kappa shape index (κ1) is 8.28. The Bertz CT molecular complexity index is 604. The van der Waals surface area contributed by atoms with Gasteiger partial charge in [0.1, 0.15) is 5.78 Å². The molecule has 1 aromatic heterocycles. The summed E-state index contributed by atoms with van der Waals surface area (Å²) in [5, 5.41) is 0. The molecule has 0 N–H and O–H groups in total. The Labute approximate surface area is 92.7 Å². The van der Waals surface area contributed by atoms with Gasteiger partial charge in [0.25, 0.3) is 0 Å². The maximum atomic E-state index is 11.4. The molecule has 1 spiro atoms. The average Bonchev–Trinajstić information content (AvgIpc) is 2.80. The second kappa shape index (κ2) is 2.43. The minimum absolute atomic E-state index is 0.112. The van der Waals surface area contributed by atoms with Crippen LogP contribution in [0.2, 0.25) is 0 Å². The van der Waals surface area contributed by atoms with E-state index in [1.807, 2.05) is 24.7 Å². The van der Waals surface area contributed by atoms with Gasteiger partial charge in [0.15, 0.2) is 0 Å². The van der Waals surface area contributed by atoms with Crippen molar-refractivity contribution in [3.05, 3.63) is 42.4 Å². The molecule has 0 saturated heterocycles. The van der Waals surface area contributed by atoms with E-state index in [4.69, 9.17) is 0 Å². The lowest BCUT2D eigenvalue weighted by Crippen LogP contribution is -2.45. The molecule has 3 heteroatoms. The van der Waals surface area contributed by atoms with Crippen LogP contribution in [0.1, 0.15) is 18.4 Å². The Hall–Kier alpha value is -1.90. The molecule has 2 aromatic rings. The molecule has 1 fully saturated rings. The van der Waals surface area contributed by atoms with E-state index in [2.05, 4.69) is 21.7 Å². The molecule has 2 heterocycles. The SMILES string of the molecule is O=C1CC2(C1)c1ccccc1-c1cncn12. The molecule has 0 atom stereocenters. The molecule has 78 valence electrons. The molecule has 1 aliphatic carbocycles. The zero-order valence-electron chi connectivity index (χ0n) is 8.68. The van der Waals surface area contributed by atoms with E-state index < -0.39 is 0 Å². The summed E-state index contributed by atoms with van der Waals surface area (Å²) in [5.41, 5.74) is 3.54. The third kappa shape index (κ3) is 0.733. The van der Waals surface area contributed by atoms with Crippen LogP contribution in [-0.2, 0) is 10.3 Å². The van der Waals surface area contributed by atoms with Crippen molar-refractivity contribution in [1.82, 2.24) is 9.55 Å². The van der Waals surface area contributed by atoms with Gasteiger partial charge in [-0.2, -0.15) is 0 Å². The van der Waals surface area contributed by atoms with Crippen LogP contribution in [-0.4, -0.2) is 15.3 Å². The lowest BCUT2D eigenvalue weighted by atomic mass is 9.71. The van der Waals surface area contributed by atoms with Gasteiger partial charge in [-0.3, -0.25) is 4.79 Å². The summed E-state index contributed by atoms with van der Waals surface area (Å²) < 4.78 is 2.17. The molecule has 1 aromatic carbocycles. The van der Waals surface area contributed by atoms with Crippen LogP contribution in [0.4, 0.5) is 0 Å². The number of imidazole rings is 1. The number of rotatable bonds is 0. The molecule has 0 unspecified atom stereocenters. The van der Waals surface area contributed by atoms with E-state index in [1.54, 1.807) is 0 Å². The first-order valence-corrected chi connectivity index (χ1v) is 5.46. The summed E-state index contributed by atoms with van der Waals surface area (Å²) in [4.78, 5) is 15.6. The number of Topliss-reactive ketones (excluding diaryl/α,β-unsaturated/α-hetero) is 1. The summed E-state index contributed by atoms with van der Waals surface area (Å²) in [7, 11) is 0. The van der Waals surface area contributed by atoms with Crippen molar-refractivity contribution in [2.24, 2.45) is 0 Å². The van der Waals surface area contributed by atoms with Gasteiger partial charge in [-0.15, -0.1) is 0 Å². The van der Waals surface area contributed by atoms with Crippen LogP contribution in [0, 0.1) is 0 Å². The molecule has 4 rings (SSSR count). The normalized spacial score (nSPS) is 19.4. The highest BCUT2D eigenvalue weighted by Crippen LogP contribution is 2.52. The van der Waals surface area contributed by atoms with Gasteiger partial charge in [-0.1, -0.05) is 24.3 Å². The fraction of sp³-hybridized carbons (Fsp3) is 0.231. The van der Waals surface area contributed by atoms with Crippen molar-refractivity contribution in [1.29, 1.82) is 0 Å². The molecule has 3 nitrogen and oxygen atoms in total. The minimum atomic E-state index is -0.112. The maximum absolute atomic E-state index is 11.4. The van der Waals surface area contributed by atoms with E-state index in [1.165, 1.54) is 11.1 Å². The fourth-order valence-corrected chi connectivity index (χ4v) is 3.04. The van der Waals surface area contributed by atoms with Crippen molar-refractivity contribution >= 4 is 5.78 Å². The zero-order valence-corrected chi connectivity index (χ0v) is 8.68. The summed E-state index contributed by atoms with van der Waals surface area (Å²) in [6.07, 6.45) is 4.97. The molecule has 16 heavy (non-hydrogen) atoms. The average molecular weight is 210 g/mol. The van der Waals surface area contributed by atoms with E-state index in [9.17, 15) is 4.79 Å². The fourth-order valence-electron chi connectivity index (χ4n) is 3.04. The highest BCUT2D eigenvalue weighted by molar-refractivity contribution is 5.91. The largest absolute Gasteiger partial charge is 0.319 e. The zero-order chi connectivity index (χ0) is 10.8. The number of ketones is 1. The summed E-state index contributed by atoms with van der Waals surface area (Å²) in [6.45, 7) is 0. The molecular formula is C13H10N2O. The van der Waals surface area contributed by atoms with E-state index >= 15 is 0 Å². The number of aromatic nitrogens is 2. The topological polar surface area (TPSA) is 34.9 Å². The second-order valence-electron chi connectivity index (χ2n) is 4.62. The lowest BCUT2D eigenvalue weighted by Gasteiger charge is -2.39. The van der Waals surface area contributed by atoms with Crippen LogP contribution in [0.5, 0.6) is 0 Å². The molecule has 0 bridgehead atoms. The lowest BCUT2D eigenvalue weighted by molar-refractivity contribution is -0.129. The highest BCUT2D eigenvalue weighted by atomic mass is 16.1. The molecule has 1 aliphatic heterocycles. The van der Waals surface area contributed by atoms with Crippen LogP contribution in [0.15, 0.2) is 36.8 Å². The number of carbonyl (C=O) groups excluding carboxylic acids is 1. The molecule has 0 amide bonds. The van der Waals surface area contributed by atoms with Crippen molar-refractivity contribution < 1.29 is 4.79 Å². The summed E-state index contributed by atoms with van der Waals surface area (Å²) in [6, 6.07) is 8.33. The van der Waals surface area contributed by atoms with Crippen molar-refractivity contribution in [2.45, 2.75) is 18.4 Å². The first-order chi connectivity index (χ1) is 7.81. The monoisotopic (exact) mass is 210 g/mol. The van der Waals surface area contributed by atoms with Crippen molar-refractivity contribution in [2.75, 3.05) is 0 Å². The Balaban J connectivity index is 2.06. The molecule has 1 saturated carbocycles. The predicted octanol–water partition coefficient (Wildman–Crippen LogP) is 1.97. The third-order valence-electron chi connectivity index (χ3n) is 3.78. The standard InChI is InChI=1S/C13H10N2O/c16-9-5-13(6-9)11-4-2-1-3-10(11)12-7-14-8-15(12)13/h1-4,7-8H,5-6H2. The van der Waals surface area contributed by atoms with Gasteiger partial charge in [-0.25, -0.2) is 4.98 Å². The van der Waals surface area contributed by atoms with E-state index in [0.717, 1.165) is 5.69 Å². The van der Waals surface area contributed by atoms with E-state index in [-0.39, 0.29) is 5.54 Å². The van der Waals surface area contributed by atoms with Crippen LogP contribution >= 0.6 is 0 Å². The number of carbonyl (C=O) groups is 1. The Kier molecular flexibility index (Phi) is 1.26. The van der Waals surface area contributed by atoms with Gasteiger partial charge < -0.3 is 4.57 Å². The van der Waals surface area contributed by atoms with Crippen LogP contribution in [0.3, 0.4) is 0 Å². The van der Waals surface area contributed by atoms with Crippen molar-refractivity contribution in [3.63, 3.8) is 0 Å². The van der Waals surface area contributed by atoms with Crippen molar-refractivity contribution in [3.8, 4) is 11.3 Å². The maximum Gasteiger partial charge on any atom is 0.138 e. The van der Waals surface area contributed by atoms with Gasteiger partial charge in [-0.05, 0) is 5.56 Å². The summed E-state index contributed by atoms with van der Waals surface area (Å²) >= 11 is 0. The minimum Gasteiger partial charge on any atom is -0.319 e. The highest BCUT2D eigenvalue weighted by Gasteiger charge is 2.51. The second-order valence-corrected chi connectivity index (χ2v) is 4.62. The number of hydrogen-bond acceptors (Lipinski definition) is 2. The van der Waals surface area contributed by atoms with Crippen LogP contribution in [0.25, 0.3) is 11.3 Å². The number of hydrogen-bond donors (Lipinski definition) is 0. The van der Waals surface area contributed by atoms with Crippen LogP contribution < -0.4 is 0 Å². The molecular weight excluding hydrogens is 200 g/mol. The Morgan fingerprint density at radius 2 is 2.06 bits per heavy atom. The Morgan fingerprint density at radius 3 is 2.88 bits per heavy atom. The van der Waals surface area contributed by atoms with Gasteiger partial charge in [0.05, 0.1) is 23.8 Å². The van der Waals surface area contributed by atoms with Gasteiger partial charge in [0.2, 0.25) is 0 Å². The number of benzene rings is 1. The third-order valence-corrected chi connectivity index (χ3v) is 3.78. The molecule has 0 radical (unpaired) electrons. The predicted molar refractivity (Wildman–Crippen MR) is 59.0 cm³/mol. The first-order valence-electron chi connectivity index (χ1n) is 5.46. The van der Waals surface area contributed by atoms with Gasteiger partial charge >= 0.3 is 0 Å². The number of fused-ring (bicyclic) bond motifs is 5. The number of nitrogens with zero attached hydrogens (tertiary/aromatic N) is 2. The summed E-state index contributed by atoms with van der Waals surface area (Å²) in [5.74, 6) is 0.344. The molecule has 2 aliphatic rings. The quantitative estimate of drug-likeness (QED) is 0.666.